The Morgan fingerprint density at radius 3 is 2.30 bits per heavy atom. The van der Waals surface area contributed by atoms with Crippen molar-refractivity contribution in [1.29, 1.82) is 0 Å². The molecule has 0 fully saturated rings. The van der Waals surface area contributed by atoms with Crippen LogP contribution in [-0.4, -0.2) is 23.2 Å². The molecule has 0 unspecified atom stereocenters. The highest BCUT2D eigenvalue weighted by Gasteiger charge is 2.22. The number of thiazole rings is 1. The molecular formula is C26H24N2O3S2. The molecule has 0 aliphatic carbocycles. The second kappa shape index (κ2) is 9.37. The first-order valence-electron chi connectivity index (χ1n) is 10.6. The number of carbonyl (C=O) groups excluding carboxylic acids is 2. The fraction of sp³-hybridized carbons (Fsp3) is 0.192. The molecule has 3 aromatic rings. The van der Waals surface area contributed by atoms with Crippen LogP contribution in [0.15, 0.2) is 69.3 Å². The Balaban J connectivity index is 1.76. The van der Waals surface area contributed by atoms with Crippen molar-refractivity contribution in [3.05, 3.63) is 79.2 Å². The first kappa shape index (κ1) is 23.0. The van der Waals surface area contributed by atoms with Crippen LogP contribution in [0, 0.1) is 0 Å². The molecule has 4 rings (SSSR count). The highest BCUT2D eigenvalue weighted by atomic mass is 32.2. The van der Waals surface area contributed by atoms with Crippen LogP contribution in [0.1, 0.15) is 20.8 Å². The molecule has 1 aromatic heterocycles. The van der Waals surface area contributed by atoms with Gasteiger partial charge in [-0.25, -0.2) is 0 Å². The molecular weight excluding hydrogens is 452 g/mol. The van der Waals surface area contributed by atoms with E-state index < -0.39 is 0 Å². The summed E-state index contributed by atoms with van der Waals surface area (Å²) in [5.74, 6) is -0.654. The number of Topliss-reactive ketones (excluding diaryl/α,β-unsaturated/α-hetero) is 2. The standard InChI is InChI=1S/C26H24N2O3S2/c1-5-28-25(31)22(33-26(28)24(16(2)29)17(3)30)13-14-23-27(4)20-15-19(11-12-21(20)32-23)18-9-7-6-8-10-18/h6-15H,5H2,1-4H3/b22-13+,23-14-. The maximum Gasteiger partial charge on any atom is 0.269 e. The van der Waals surface area contributed by atoms with Gasteiger partial charge in [0.2, 0.25) is 0 Å². The minimum atomic E-state index is -0.327. The number of rotatable bonds is 5. The van der Waals surface area contributed by atoms with Gasteiger partial charge in [-0.3, -0.25) is 19.0 Å². The van der Waals surface area contributed by atoms with Gasteiger partial charge < -0.3 is 4.90 Å². The summed E-state index contributed by atoms with van der Waals surface area (Å²) < 4.78 is 2.42. The Hall–Kier alpha value is -3.16. The molecule has 33 heavy (non-hydrogen) atoms. The highest BCUT2D eigenvalue weighted by molar-refractivity contribution is 8.03. The maximum absolute atomic E-state index is 12.9. The average Bonchev–Trinajstić information content (AvgIpc) is 3.28. The number of fused-ring (bicyclic) bond motifs is 1. The largest absolute Gasteiger partial charge is 0.338 e. The van der Waals surface area contributed by atoms with Crippen molar-refractivity contribution in [1.82, 2.24) is 4.57 Å². The van der Waals surface area contributed by atoms with Gasteiger partial charge in [0, 0.05) is 18.5 Å². The van der Waals surface area contributed by atoms with Crippen LogP contribution in [0.5, 0.6) is 0 Å². The summed E-state index contributed by atoms with van der Waals surface area (Å²) in [4.78, 5) is 40.3. The molecule has 0 N–H and O–H groups in total. The second-order valence-corrected chi connectivity index (χ2v) is 9.78. The summed E-state index contributed by atoms with van der Waals surface area (Å²) in [6.45, 7) is 4.94. The Labute approximate surface area is 200 Å². The number of allylic oxidation sites excluding steroid dienone is 1. The van der Waals surface area contributed by atoms with E-state index in [9.17, 15) is 14.4 Å². The molecule has 168 valence electrons. The van der Waals surface area contributed by atoms with Crippen molar-refractivity contribution in [3.8, 4) is 11.1 Å². The van der Waals surface area contributed by atoms with Crippen molar-refractivity contribution >= 4 is 52.0 Å². The Bertz CT molecular complexity index is 1450. The van der Waals surface area contributed by atoms with Gasteiger partial charge in [0.25, 0.3) is 5.56 Å². The molecule has 0 amide bonds. The monoisotopic (exact) mass is 476 g/mol. The van der Waals surface area contributed by atoms with Gasteiger partial charge in [-0.05, 0) is 56.2 Å². The minimum absolute atomic E-state index is 0.0828. The Kier molecular flexibility index (Phi) is 6.54. The lowest BCUT2D eigenvalue weighted by Gasteiger charge is -2.14. The topological polar surface area (TPSA) is 59.4 Å². The van der Waals surface area contributed by atoms with Crippen molar-refractivity contribution < 1.29 is 9.59 Å². The third-order valence-electron chi connectivity index (χ3n) is 5.49. The predicted molar refractivity (Wildman–Crippen MR) is 137 cm³/mol. The summed E-state index contributed by atoms with van der Waals surface area (Å²) in [7, 11) is 2.01. The third kappa shape index (κ3) is 4.38. The third-order valence-corrected chi connectivity index (χ3v) is 7.82. The van der Waals surface area contributed by atoms with Gasteiger partial charge in [0.05, 0.1) is 20.8 Å². The molecule has 0 radical (unpaired) electrons. The van der Waals surface area contributed by atoms with Crippen molar-refractivity contribution in [2.45, 2.75) is 32.2 Å². The van der Waals surface area contributed by atoms with Crippen molar-refractivity contribution in [2.75, 3.05) is 11.9 Å². The zero-order valence-electron chi connectivity index (χ0n) is 18.9. The summed E-state index contributed by atoms with van der Waals surface area (Å²) >= 11 is 2.83. The number of benzene rings is 2. The van der Waals surface area contributed by atoms with Gasteiger partial charge in [0.1, 0.15) is 4.66 Å². The molecule has 5 nitrogen and oxygen atoms in total. The lowest BCUT2D eigenvalue weighted by molar-refractivity contribution is -0.116. The van der Waals surface area contributed by atoms with E-state index >= 15 is 0 Å². The van der Waals surface area contributed by atoms with Crippen LogP contribution < -0.4 is 19.7 Å². The molecule has 1 aliphatic heterocycles. The molecule has 2 aromatic carbocycles. The highest BCUT2D eigenvalue weighted by Crippen LogP contribution is 2.46. The smallest absolute Gasteiger partial charge is 0.269 e. The van der Waals surface area contributed by atoms with Crippen molar-refractivity contribution in [2.24, 2.45) is 0 Å². The molecule has 7 heteroatoms. The number of hydrogen-bond donors (Lipinski definition) is 0. The van der Waals surface area contributed by atoms with Gasteiger partial charge in [0.15, 0.2) is 11.6 Å². The first-order chi connectivity index (χ1) is 15.8. The van der Waals surface area contributed by atoms with E-state index in [1.54, 1.807) is 17.8 Å². The second-order valence-electron chi connectivity index (χ2n) is 7.69. The number of ketones is 2. The van der Waals surface area contributed by atoms with E-state index in [1.807, 2.05) is 38.2 Å². The van der Waals surface area contributed by atoms with Crippen LogP contribution in [0.2, 0.25) is 0 Å². The van der Waals surface area contributed by atoms with Crippen LogP contribution in [0.4, 0.5) is 5.69 Å². The number of thioether (sulfide) groups is 1. The zero-order chi connectivity index (χ0) is 23.7. The van der Waals surface area contributed by atoms with E-state index in [2.05, 4.69) is 35.2 Å². The number of aromatic nitrogens is 1. The summed E-state index contributed by atoms with van der Waals surface area (Å²) in [6.07, 6.45) is 3.70. The fourth-order valence-electron chi connectivity index (χ4n) is 3.82. The summed E-state index contributed by atoms with van der Waals surface area (Å²) in [6, 6.07) is 16.7. The Morgan fingerprint density at radius 1 is 0.970 bits per heavy atom. The van der Waals surface area contributed by atoms with Crippen molar-refractivity contribution in [3.63, 3.8) is 0 Å². The quantitative estimate of drug-likeness (QED) is 0.525. The zero-order valence-corrected chi connectivity index (χ0v) is 20.5. The maximum atomic E-state index is 12.9. The molecule has 2 heterocycles. The van der Waals surface area contributed by atoms with Crippen LogP contribution in [0.3, 0.4) is 0 Å². The van der Waals surface area contributed by atoms with Gasteiger partial charge in [-0.15, -0.1) is 11.3 Å². The van der Waals surface area contributed by atoms with E-state index in [-0.39, 0.29) is 22.7 Å². The number of anilines is 1. The normalized spacial score (nSPS) is 14.6. The van der Waals surface area contributed by atoms with Gasteiger partial charge in [-0.1, -0.05) is 48.2 Å². The Morgan fingerprint density at radius 2 is 1.67 bits per heavy atom. The number of carbonyl (C=O) groups is 2. The van der Waals surface area contributed by atoms with E-state index in [0.717, 1.165) is 26.7 Å². The molecule has 0 bridgehead atoms. The van der Waals surface area contributed by atoms with Crippen LogP contribution >= 0.6 is 23.1 Å². The van der Waals surface area contributed by atoms with E-state index in [1.165, 1.54) is 29.8 Å². The lowest BCUT2D eigenvalue weighted by atomic mass is 10.1. The fourth-order valence-corrected chi connectivity index (χ4v) is 6.11. The molecule has 0 saturated heterocycles. The SMILES string of the molecule is CCn1c(=C(C(C)=O)C(C)=O)s/c(=C/C=C2\Sc3ccc(-c4ccccc4)cc3N2C)c1=O. The average molecular weight is 477 g/mol. The summed E-state index contributed by atoms with van der Waals surface area (Å²) in [5.41, 5.74) is 3.32. The van der Waals surface area contributed by atoms with E-state index in [4.69, 9.17) is 0 Å². The molecule has 0 spiro atoms. The van der Waals surface area contributed by atoms with Crippen LogP contribution in [-0.2, 0) is 16.1 Å². The number of hydrogen-bond acceptors (Lipinski definition) is 6. The number of nitrogens with zero attached hydrogens (tertiary/aromatic N) is 2. The van der Waals surface area contributed by atoms with Gasteiger partial charge >= 0.3 is 0 Å². The molecule has 0 saturated carbocycles. The molecule has 0 atom stereocenters. The summed E-state index contributed by atoms with van der Waals surface area (Å²) in [5, 5.41) is 0.995. The molecule has 1 aliphatic rings. The lowest BCUT2D eigenvalue weighted by Crippen LogP contribution is -2.33. The predicted octanol–water partition coefficient (Wildman–Crippen LogP) is 3.79. The van der Waals surface area contributed by atoms with Gasteiger partial charge in [-0.2, -0.15) is 0 Å². The minimum Gasteiger partial charge on any atom is -0.338 e. The van der Waals surface area contributed by atoms with Crippen LogP contribution in [0.25, 0.3) is 22.8 Å². The van der Waals surface area contributed by atoms with E-state index in [0.29, 0.717) is 15.7 Å². The first-order valence-corrected chi connectivity index (χ1v) is 12.2.